The van der Waals surface area contributed by atoms with E-state index < -0.39 is 11.6 Å². The summed E-state index contributed by atoms with van der Waals surface area (Å²) in [7, 11) is 1.58. The van der Waals surface area contributed by atoms with Crippen molar-refractivity contribution in [3.63, 3.8) is 0 Å². The summed E-state index contributed by atoms with van der Waals surface area (Å²) in [6.07, 6.45) is 0.618. The summed E-state index contributed by atoms with van der Waals surface area (Å²) in [6.45, 7) is 0.327. The highest BCUT2D eigenvalue weighted by Crippen LogP contribution is 2.34. The van der Waals surface area contributed by atoms with Crippen molar-refractivity contribution in [2.24, 2.45) is 0 Å². The van der Waals surface area contributed by atoms with Gasteiger partial charge < -0.3 is 14.8 Å². The topological polar surface area (TPSA) is 109 Å². The van der Waals surface area contributed by atoms with Crippen LogP contribution >= 0.6 is 0 Å². The predicted molar refractivity (Wildman–Crippen MR) is 72.7 cm³/mol. The SMILES string of the molecule is COc1cccc2c1OC[C@@H](NC(=O)c1n[nH]c(=O)[nH]1)C2. The number of H-pyrrole nitrogens is 2. The molecule has 0 aliphatic carbocycles. The number of ether oxygens (including phenoxy) is 2. The lowest BCUT2D eigenvalue weighted by Crippen LogP contribution is -2.43. The van der Waals surface area contributed by atoms with Crippen molar-refractivity contribution in [3.05, 3.63) is 40.1 Å². The van der Waals surface area contributed by atoms with Crippen LogP contribution in [-0.2, 0) is 6.42 Å². The molecule has 0 saturated carbocycles. The fraction of sp³-hybridized carbons (Fsp3) is 0.308. The third-order valence-corrected chi connectivity index (χ3v) is 3.23. The third kappa shape index (κ3) is 2.60. The monoisotopic (exact) mass is 290 g/mol. The number of nitrogens with one attached hydrogen (secondary N) is 3. The van der Waals surface area contributed by atoms with E-state index in [1.165, 1.54) is 0 Å². The van der Waals surface area contributed by atoms with E-state index >= 15 is 0 Å². The van der Waals surface area contributed by atoms with Gasteiger partial charge in [0.1, 0.15) is 6.61 Å². The van der Waals surface area contributed by atoms with Crippen molar-refractivity contribution in [2.45, 2.75) is 12.5 Å². The summed E-state index contributed by atoms with van der Waals surface area (Å²) in [4.78, 5) is 25.2. The van der Waals surface area contributed by atoms with Crippen molar-refractivity contribution in [1.29, 1.82) is 0 Å². The van der Waals surface area contributed by atoms with Gasteiger partial charge in [-0.25, -0.2) is 9.89 Å². The molecule has 3 rings (SSSR count). The normalized spacial score (nSPS) is 16.7. The number of hydrogen-bond acceptors (Lipinski definition) is 5. The Morgan fingerprint density at radius 1 is 1.52 bits per heavy atom. The van der Waals surface area contributed by atoms with E-state index in [9.17, 15) is 9.59 Å². The summed E-state index contributed by atoms with van der Waals surface area (Å²) in [5, 5.41) is 8.50. The fourth-order valence-electron chi connectivity index (χ4n) is 2.28. The molecule has 1 aliphatic rings. The van der Waals surface area contributed by atoms with Gasteiger partial charge in [-0.3, -0.25) is 9.78 Å². The molecule has 1 aromatic carbocycles. The van der Waals surface area contributed by atoms with Gasteiger partial charge in [0, 0.05) is 5.56 Å². The standard InChI is InChI=1S/C13H14N4O4/c1-20-9-4-2-3-7-5-8(6-21-10(7)9)14-12(18)11-15-13(19)17-16-11/h2-4,8H,5-6H2,1H3,(H,14,18)(H2,15,16,17,19)/t8-/m0/s1. The van der Waals surface area contributed by atoms with Crippen LogP contribution in [-0.4, -0.2) is 40.8 Å². The summed E-state index contributed by atoms with van der Waals surface area (Å²) >= 11 is 0. The fourth-order valence-corrected chi connectivity index (χ4v) is 2.28. The Morgan fingerprint density at radius 2 is 2.38 bits per heavy atom. The van der Waals surface area contributed by atoms with Crippen molar-refractivity contribution in [1.82, 2.24) is 20.5 Å². The first-order chi connectivity index (χ1) is 10.2. The summed E-state index contributed by atoms with van der Waals surface area (Å²) in [5.74, 6) is 0.886. The maximum atomic E-state index is 11.9. The molecular formula is C13H14N4O4. The van der Waals surface area contributed by atoms with E-state index in [4.69, 9.17) is 9.47 Å². The van der Waals surface area contributed by atoms with E-state index in [-0.39, 0.29) is 11.9 Å². The Hall–Kier alpha value is -2.77. The highest BCUT2D eigenvalue weighted by molar-refractivity contribution is 5.90. The predicted octanol–water partition coefficient (Wildman–Crippen LogP) is -0.160. The Labute approximate surface area is 119 Å². The van der Waals surface area contributed by atoms with Crippen molar-refractivity contribution < 1.29 is 14.3 Å². The van der Waals surface area contributed by atoms with Crippen LogP contribution in [0.3, 0.4) is 0 Å². The van der Waals surface area contributed by atoms with Gasteiger partial charge in [-0.2, -0.15) is 0 Å². The van der Waals surface area contributed by atoms with E-state index in [0.717, 1.165) is 5.56 Å². The summed E-state index contributed by atoms with van der Waals surface area (Å²) < 4.78 is 10.9. The second kappa shape index (κ2) is 5.31. The molecule has 8 nitrogen and oxygen atoms in total. The number of rotatable bonds is 3. The van der Waals surface area contributed by atoms with E-state index in [1.807, 2.05) is 18.2 Å². The smallest absolute Gasteiger partial charge is 0.341 e. The van der Waals surface area contributed by atoms with E-state index in [0.29, 0.717) is 24.5 Å². The van der Waals surface area contributed by atoms with Gasteiger partial charge in [0.25, 0.3) is 5.91 Å². The average Bonchev–Trinajstić information content (AvgIpc) is 2.93. The lowest BCUT2D eigenvalue weighted by Gasteiger charge is -2.26. The Balaban J connectivity index is 1.72. The van der Waals surface area contributed by atoms with Gasteiger partial charge in [-0.15, -0.1) is 5.10 Å². The summed E-state index contributed by atoms with van der Waals surface area (Å²) in [6, 6.07) is 5.42. The van der Waals surface area contributed by atoms with Crippen LogP contribution < -0.4 is 20.5 Å². The Bertz CT molecular complexity index is 721. The number of aromatic amines is 2. The second-order valence-electron chi connectivity index (χ2n) is 4.66. The van der Waals surface area contributed by atoms with E-state index in [2.05, 4.69) is 20.5 Å². The molecule has 1 aliphatic heterocycles. The molecule has 2 aromatic rings. The highest BCUT2D eigenvalue weighted by Gasteiger charge is 2.25. The largest absolute Gasteiger partial charge is 0.493 e. The lowest BCUT2D eigenvalue weighted by molar-refractivity contribution is 0.0904. The number of carbonyl (C=O) groups excluding carboxylic acids is 1. The molecule has 110 valence electrons. The van der Waals surface area contributed by atoms with Crippen LogP contribution in [0.2, 0.25) is 0 Å². The molecule has 0 fully saturated rings. The molecule has 0 radical (unpaired) electrons. The molecule has 0 spiro atoms. The first-order valence-corrected chi connectivity index (χ1v) is 6.41. The third-order valence-electron chi connectivity index (χ3n) is 3.23. The van der Waals surface area contributed by atoms with Gasteiger partial charge in [0.2, 0.25) is 5.82 Å². The summed E-state index contributed by atoms with van der Waals surface area (Å²) in [5.41, 5.74) is 0.441. The number of para-hydroxylation sites is 1. The van der Waals surface area contributed by atoms with Gasteiger partial charge in [0.05, 0.1) is 13.2 Å². The number of hydrogen-bond donors (Lipinski definition) is 3. The minimum absolute atomic E-state index is 0.0450. The number of fused-ring (bicyclic) bond motifs is 1. The molecule has 3 N–H and O–H groups in total. The zero-order valence-corrected chi connectivity index (χ0v) is 11.3. The minimum atomic E-state index is -0.518. The number of benzene rings is 1. The zero-order valence-electron chi connectivity index (χ0n) is 11.3. The number of nitrogens with zero attached hydrogens (tertiary/aromatic N) is 1. The Kier molecular flexibility index (Phi) is 3.35. The molecule has 0 unspecified atom stereocenters. The average molecular weight is 290 g/mol. The molecule has 2 heterocycles. The molecule has 8 heteroatoms. The second-order valence-corrected chi connectivity index (χ2v) is 4.66. The van der Waals surface area contributed by atoms with Crippen molar-refractivity contribution >= 4 is 5.91 Å². The lowest BCUT2D eigenvalue weighted by atomic mass is 10.0. The van der Waals surface area contributed by atoms with Crippen LogP contribution in [0.4, 0.5) is 0 Å². The number of amides is 1. The number of carbonyl (C=O) groups is 1. The molecule has 21 heavy (non-hydrogen) atoms. The van der Waals surface area contributed by atoms with Crippen molar-refractivity contribution in [2.75, 3.05) is 13.7 Å². The van der Waals surface area contributed by atoms with E-state index in [1.54, 1.807) is 7.11 Å². The number of methoxy groups -OCH3 is 1. The maximum absolute atomic E-state index is 11.9. The van der Waals surface area contributed by atoms with Gasteiger partial charge in [0.15, 0.2) is 11.5 Å². The molecule has 1 aromatic heterocycles. The molecule has 1 atom stereocenters. The molecule has 0 bridgehead atoms. The van der Waals surface area contributed by atoms with Crippen LogP contribution in [0.1, 0.15) is 16.2 Å². The molecule has 0 saturated heterocycles. The van der Waals surface area contributed by atoms with Gasteiger partial charge >= 0.3 is 5.69 Å². The first-order valence-electron chi connectivity index (χ1n) is 6.41. The van der Waals surface area contributed by atoms with Crippen LogP contribution in [0.15, 0.2) is 23.0 Å². The maximum Gasteiger partial charge on any atom is 0.341 e. The van der Waals surface area contributed by atoms with Crippen LogP contribution in [0, 0.1) is 0 Å². The van der Waals surface area contributed by atoms with Crippen molar-refractivity contribution in [3.8, 4) is 11.5 Å². The molecular weight excluding hydrogens is 276 g/mol. The van der Waals surface area contributed by atoms with Crippen LogP contribution in [0.5, 0.6) is 11.5 Å². The quantitative estimate of drug-likeness (QED) is 0.727. The Morgan fingerprint density at radius 3 is 3.10 bits per heavy atom. The highest BCUT2D eigenvalue weighted by atomic mass is 16.5. The van der Waals surface area contributed by atoms with Crippen LogP contribution in [0.25, 0.3) is 0 Å². The molecule has 1 amide bonds. The van der Waals surface area contributed by atoms with Gasteiger partial charge in [-0.05, 0) is 12.5 Å². The first kappa shape index (κ1) is 13.2. The zero-order chi connectivity index (χ0) is 14.8. The number of aromatic nitrogens is 3. The van der Waals surface area contributed by atoms with Gasteiger partial charge in [-0.1, -0.05) is 12.1 Å². The minimum Gasteiger partial charge on any atom is -0.493 e.